The van der Waals surface area contributed by atoms with Gasteiger partial charge in [0.1, 0.15) is 70.8 Å². The van der Waals surface area contributed by atoms with Crippen LogP contribution < -0.4 is 253 Å². The molecule has 6 aromatic carbocycles. The standard InChI is InChI=1S/2C21H15ClFN5O9S3.3K.3Na/c2*1-10-19(22)20(26-21(23)24-10)25-11-2-4-12(5-3-11)27-28-13-6-15-16(17(7-13)39(32,33)34)8-14(38(29,30)31)9-18(15)40(35,36)37;;;;;;/h2*2-9H,1H3,(H,24,25,26)(H,29,30,31)(H,32,33,34)(H,35,36,37);;;;;;/q;;6*+1/p-6. The summed E-state index contributed by atoms with van der Waals surface area (Å²) in [6, 6.07) is 16.1. The van der Waals surface area contributed by atoms with E-state index in [9.17, 15) is 86.6 Å². The largest absolute Gasteiger partial charge is 1.00 e. The van der Waals surface area contributed by atoms with Crippen LogP contribution in [-0.2, 0) is 60.7 Å². The van der Waals surface area contributed by atoms with Crippen LogP contribution in [0.25, 0.3) is 21.5 Å². The molecule has 0 unspecified atom stereocenters. The summed E-state index contributed by atoms with van der Waals surface area (Å²) >= 11 is 12.1. The molecule has 0 saturated carbocycles. The van der Waals surface area contributed by atoms with Crippen LogP contribution in [0.1, 0.15) is 11.4 Å². The SMILES string of the molecule is Cc1nc(F)nc(Nc2ccc(N=Nc3cc(S(=O)(=O)[O-])c4cc(S(=O)(=O)[O-])cc(S(=O)(=O)[O-])c4c3)cc2)c1Cl.Cc1nc(F)nc(Nc2ccc(N=Nc3cc(S(=O)(=O)[O-])c4cc(S(=O)(=O)[O-])cc(S(=O)(=O)[O-])c4c3)cc2)c1Cl.[K+].[K+].[K+].[Na+].[Na+].[Na+]. The molecule has 86 heavy (non-hydrogen) atoms. The molecular weight excluding hydrogens is 1420 g/mol. The molecule has 0 bridgehead atoms. The molecule has 0 radical (unpaired) electrons. The Morgan fingerprint density at radius 2 is 0.640 bits per heavy atom. The van der Waals surface area contributed by atoms with E-state index in [-0.39, 0.29) is 299 Å². The Balaban J connectivity index is 0.000000804. The monoisotopic (exact) mass is 1440 g/mol. The van der Waals surface area contributed by atoms with Crippen molar-refractivity contribution < 1.29 is 329 Å². The minimum absolute atomic E-state index is 0. The van der Waals surface area contributed by atoms with Gasteiger partial charge in [0.25, 0.3) is 0 Å². The first kappa shape index (κ1) is 84.6. The molecule has 0 saturated heterocycles. The number of anilines is 4. The van der Waals surface area contributed by atoms with E-state index in [0.29, 0.717) is 35.6 Å². The van der Waals surface area contributed by atoms with Crippen molar-refractivity contribution in [2.45, 2.75) is 43.2 Å². The summed E-state index contributed by atoms with van der Waals surface area (Å²) in [7, 11) is -32.5. The maximum Gasteiger partial charge on any atom is 1.00 e. The van der Waals surface area contributed by atoms with Gasteiger partial charge in [0, 0.05) is 32.9 Å². The molecule has 2 aromatic heterocycles. The van der Waals surface area contributed by atoms with Gasteiger partial charge >= 0.3 is 255 Å². The molecule has 44 heteroatoms. The van der Waals surface area contributed by atoms with Gasteiger partial charge in [0.15, 0.2) is 11.6 Å². The zero-order valence-corrected chi connectivity index (χ0v) is 66.9. The number of hydrogen-bond acceptors (Lipinski definition) is 28. The molecule has 0 aliphatic rings. The van der Waals surface area contributed by atoms with Crippen LogP contribution in [0.3, 0.4) is 0 Å². The Kier molecular flexibility index (Phi) is 33.3. The zero-order chi connectivity index (χ0) is 59.2. The minimum Gasteiger partial charge on any atom is -0.744 e. The van der Waals surface area contributed by atoms with E-state index in [4.69, 9.17) is 23.2 Å². The van der Waals surface area contributed by atoms with E-state index in [1.165, 1.54) is 62.4 Å². The third-order valence-electron chi connectivity index (χ3n) is 10.4. The maximum absolute atomic E-state index is 13.5. The number of nitrogens with zero attached hydrogens (tertiary/aromatic N) is 8. The molecule has 0 aliphatic heterocycles. The van der Waals surface area contributed by atoms with Crippen molar-refractivity contribution in [3.05, 3.63) is 131 Å². The van der Waals surface area contributed by atoms with Crippen LogP contribution in [0.15, 0.2) is 147 Å². The second-order valence-corrected chi connectivity index (χ2v) is 24.8. The van der Waals surface area contributed by atoms with Gasteiger partial charge in [0.2, 0.25) is 0 Å². The van der Waals surface area contributed by atoms with E-state index in [1.807, 2.05) is 0 Å². The molecule has 2 heterocycles. The number of fused-ring (bicyclic) bond motifs is 2. The number of nitrogens with one attached hydrogen (secondary N) is 2. The molecule has 8 aromatic rings. The molecular formula is C42H24Cl2F2K3N10Na3O18S6. The predicted octanol–water partition coefficient (Wildman–Crippen LogP) is -10.8. The molecule has 0 atom stereocenters. The van der Waals surface area contributed by atoms with Crippen molar-refractivity contribution in [2.75, 3.05) is 10.6 Å². The predicted molar refractivity (Wildman–Crippen MR) is 267 cm³/mol. The van der Waals surface area contributed by atoms with Gasteiger partial charge in [-0.2, -0.15) is 39.2 Å². The second-order valence-electron chi connectivity index (χ2n) is 15.9. The Morgan fingerprint density at radius 3 is 0.907 bits per heavy atom. The average molecular weight is 1440 g/mol. The van der Waals surface area contributed by atoms with E-state index < -0.39 is 135 Å². The van der Waals surface area contributed by atoms with Crippen LogP contribution >= 0.6 is 23.2 Å². The van der Waals surface area contributed by atoms with Gasteiger partial charge in [-0.05, 0) is 111 Å². The average Bonchev–Trinajstić information content (AvgIpc) is 2.07. The molecule has 28 nitrogen and oxygen atoms in total. The number of halogens is 4. The number of hydrogen-bond donors (Lipinski definition) is 2. The first-order valence-electron chi connectivity index (χ1n) is 20.8. The van der Waals surface area contributed by atoms with E-state index in [1.54, 1.807) is 0 Å². The fourth-order valence-electron chi connectivity index (χ4n) is 6.89. The van der Waals surface area contributed by atoms with Crippen molar-refractivity contribution in [3.8, 4) is 0 Å². The molecule has 0 spiro atoms. The second kappa shape index (κ2) is 33.8. The van der Waals surface area contributed by atoms with Crippen LogP contribution in [0, 0.1) is 26.0 Å². The number of rotatable bonds is 14. The van der Waals surface area contributed by atoms with Crippen molar-refractivity contribution in [1.29, 1.82) is 0 Å². The molecule has 0 fully saturated rings. The summed E-state index contributed by atoms with van der Waals surface area (Å²) in [6.07, 6.45) is -1.99. The summed E-state index contributed by atoms with van der Waals surface area (Å²) in [5, 5.41) is 18.1. The van der Waals surface area contributed by atoms with Crippen molar-refractivity contribution in [1.82, 2.24) is 19.9 Å². The van der Waals surface area contributed by atoms with Gasteiger partial charge in [-0.25, -0.2) is 60.5 Å². The van der Waals surface area contributed by atoms with Crippen LogP contribution in [0.4, 0.5) is 54.5 Å². The summed E-state index contributed by atoms with van der Waals surface area (Å²) in [5.74, 6) is 0.00116. The van der Waals surface area contributed by atoms with Gasteiger partial charge in [-0.1, -0.05) is 23.2 Å². The van der Waals surface area contributed by atoms with Gasteiger partial charge < -0.3 is 38.0 Å². The van der Waals surface area contributed by atoms with Gasteiger partial charge in [-0.15, -0.1) is 0 Å². The quantitative estimate of drug-likeness (QED) is 0.0442. The molecule has 0 amide bonds. The van der Waals surface area contributed by atoms with E-state index in [0.717, 1.165) is 12.1 Å². The Bertz CT molecular complexity index is 4410. The van der Waals surface area contributed by atoms with E-state index >= 15 is 0 Å². The minimum atomic E-state index is -5.47. The topological polar surface area (TPSA) is 468 Å². The summed E-state index contributed by atoms with van der Waals surface area (Å²) in [6.45, 7) is 2.97. The van der Waals surface area contributed by atoms with Crippen LogP contribution in [0.5, 0.6) is 0 Å². The molecule has 8 rings (SSSR count). The van der Waals surface area contributed by atoms with Crippen LogP contribution in [0.2, 0.25) is 10.0 Å². The first-order valence-corrected chi connectivity index (χ1v) is 30.0. The van der Waals surface area contributed by atoms with Gasteiger partial charge in [-0.3, -0.25) is 0 Å². The fourth-order valence-corrected chi connectivity index (χ4v) is 11.2. The Hall–Kier alpha value is 0.609. The van der Waals surface area contributed by atoms with Crippen molar-refractivity contribution in [3.63, 3.8) is 0 Å². The third kappa shape index (κ3) is 22.4. The number of azo groups is 2. The summed E-state index contributed by atoms with van der Waals surface area (Å²) in [5.41, 5.74) is 0.745. The van der Waals surface area contributed by atoms with Crippen molar-refractivity contribution in [2.24, 2.45) is 20.5 Å². The Morgan fingerprint density at radius 1 is 0.384 bits per heavy atom. The normalized spacial score (nSPS) is 11.9. The fraction of sp³-hybridized carbons (Fsp3) is 0.0476. The van der Waals surface area contributed by atoms with Crippen molar-refractivity contribution >= 4 is 151 Å². The molecule has 2 N–H and O–H groups in total. The van der Waals surface area contributed by atoms with E-state index in [2.05, 4.69) is 51.0 Å². The number of benzene rings is 6. The maximum atomic E-state index is 13.5. The first-order chi connectivity index (χ1) is 36.9. The van der Waals surface area contributed by atoms with Gasteiger partial charge in [0.05, 0.1) is 63.5 Å². The summed E-state index contributed by atoms with van der Waals surface area (Å²) < 4.78 is 238. The Labute approximate surface area is 691 Å². The smallest absolute Gasteiger partial charge is 0.744 e. The molecule has 0 aliphatic carbocycles. The summed E-state index contributed by atoms with van der Waals surface area (Å²) in [4.78, 5) is 6.86. The number of aromatic nitrogens is 4. The number of aryl methyl sites for hydroxylation is 2. The third-order valence-corrected chi connectivity index (χ3v) is 16.4. The molecule has 420 valence electrons. The van der Waals surface area contributed by atoms with Crippen LogP contribution in [-0.4, -0.2) is 97.8 Å². The zero-order valence-electron chi connectivity index (χ0n) is 45.1.